The van der Waals surface area contributed by atoms with E-state index in [1.807, 2.05) is 32.0 Å². The van der Waals surface area contributed by atoms with E-state index >= 15 is 0 Å². The average molecular weight is 417 g/mol. The van der Waals surface area contributed by atoms with Crippen LogP contribution in [-0.2, 0) is 6.42 Å². The van der Waals surface area contributed by atoms with Gasteiger partial charge in [-0.3, -0.25) is 0 Å². The van der Waals surface area contributed by atoms with Gasteiger partial charge in [0.25, 0.3) is 0 Å². The second-order valence-corrected chi connectivity index (χ2v) is 8.28. The van der Waals surface area contributed by atoms with Crippen LogP contribution < -0.4 is 9.47 Å². The average Bonchev–Trinajstić information content (AvgIpc) is 2.75. The molecule has 0 unspecified atom stereocenters. The Labute approximate surface area is 183 Å². The van der Waals surface area contributed by atoms with E-state index in [2.05, 4.69) is 13.8 Å². The topological polar surface area (TPSA) is 52.6 Å². The number of hydrogen-bond acceptors (Lipinski definition) is 4. The van der Waals surface area contributed by atoms with Gasteiger partial charge in [0.2, 0.25) is 0 Å². The monoisotopic (exact) mass is 416 g/mol. The molecule has 4 nitrogen and oxygen atoms in total. The Bertz CT molecular complexity index is 1040. The van der Waals surface area contributed by atoms with E-state index in [1.54, 1.807) is 54.6 Å². The van der Waals surface area contributed by atoms with Crippen molar-refractivity contribution in [3.8, 4) is 11.5 Å². The zero-order valence-corrected chi connectivity index (χ0v) is 18.4. The lowest BCUT2D eigenvalue weighted by Crippen LogP contribution is -2.15. The Morgan fingerprint density at radius 3 is 1.74 bits per heavy atom. The van der Waals surface area contributed by atoms with Gasteiger partial charge in [0, 0.05) is 5.56 Å². The third kappa shape index (κ3) is 5.82. The van der Waals surface area contributed by atoms with E-state index in [0.717, 1.165) is 17.5 Å². The van der Waals surface area contributed by atoms with Crippen LogP contribution in [0.3, 0.4) is 0 Å². The molecule has 3 aromatic carbocycles. The molecule has 0 N–H and O–H groups in total. The lowest BCUT2D eigenvalue weighted by Gasteiger charge is -2.19. The minimum atomic E-state index is -0.492. The highest BCUT2D eigenvalue weighted by molar-refractivity contribution is 5.93. The van der Waals surface area contributed by atoms with Gasteiger partial charge in [-0.2, -0.15) is 0 Å². The maximum atomic E-state index is 12.8. The van der Waals surface area contributed by atoms with Gasteiger partial charge in [-0.15, -0.1) is 0 Å². The van der Waals surface area contributed by atoms with Crippen molar-refractivity contribution in [3.05, 3.63) is 95.1 Å². The van der Waals surface area contributed by atoms with Crippen molar-refractivity contribution in [1.82, 2.24) is 0 Å². The molecule has 31 heavy (non-hydrogen) atoms. The van der Waals surface area contributed by atoms with E-state index < -0.39 is 11.9 Å². The first-order valence-corrected chi connectivity index (χ1v) is 10.6. The summed E-state index contributed by atoms with van der Waals surface area (Å²) in [5.41, 5.74) is 2.74. The second-order valence-electron chi connectivity index (χ2n) is 8.28. The van der Waals surface area contributed by atoms with Crippen LogP contribution in [0.4, 0.5) is 0 Å². The van der Waals surface area contributed by atoms with Gasteiger partial charge < -0.3 is 9.47 Å². The number of esters is 2. The van der Waals surface area contributed by atoms with Crippen molar-refractivity contribution >= 4 is 11.9 Å². The summed E-state index contributed by atoms with van der Waals surface area (Å²) in [5.74, 6) is 0.0704. The van der Waals surface area contributed by atoms with Crippen molar-refractivity contribution in [3.63, 3.8) is 0 Å². The molecule has 0 saturated carbocycles. The molecule has 0 heterocycles. The zero-order valence-electron chi connectivity index (χ0n) is 18.4. The number of carbonyl (C=O) groups excluding carboxylic acids is 2. The number of hydrogen-bond donors (Lipinski definition) is 0. The Morgan fingerprint density at radius 2 is 1.26 bits per heavy atom. The van der Waals surface area contributed by atoms with Gasteiger partial charge in [0.1, 0.15) is 0 Å². The first-order chi connectivity index (χ1) is 14.8. The van der Waals surface area contributed by atoms with Crippen LogP contribution in [0.5, 0.6) is 11.5 Å². The highest BCUT2D eigenvalue weighted by atomic mass is 16.6. The highest BCUT2D eigenvalue weighted by Crippen LogP contribution is 2.39. The molecule has 0 bridgehead atoms. The largest absolute Gasteiger partial charge is 0.419 e. The first-order valence-electron chi connectivity index (χ1n) is 10.6. The van der Waals surface area contributed by atoms with Crippen LogP contribution in [0, 0.1) is 5.92 Å². The van der Waals surface area contributed by atoms with Crippen molar-refractivity contribution in [2.24, 2.45) is 5.92 Å². The van der Waals surface area contributed by atoms with Crippen molar-refractivity contribution in [1.29, 1.82) is 0 Å². The maximum absolute atomic E-state index is 12.8. The van der Waals surface area contributed by atoms with Crippen LogP contribution in [0.15, 0.2) is 72.8 Å². The predicted octanol–water partition coefficient (Wildman–Crippen LogP) is 6.45. The van der Waals surface area contributed by atoms with E-state index in [1.165, 1.54) is 0 Å². The first kappa shape index (κ1) is 22.3. The fourth-order valence-electron chi connectivity index (χ4n) is 3.35. The molecule has 0 fully saturated rings. The molecule has 0 amide bonds. The molecule has 0 aromatic heterocycles. The lowest BCUT2D eigenvalue weighted by atomic mass is 9.95. The minimum absolute atomic E-state index is 0.0693. The fraction of sp³-hybridized carbons (Fsp3) is 0.259. The zero-order chi connectivity index (χ0) is 22.4. The van der Waals surface area contributed by atoms with Crippen molar-refractivity contribution < 1.29 is 19.1 Å². The second kappa shape index (κ2) is 10.1. The van der Waals surface area contributed by atoms with Crippen LogP contribution in [0.1, 0.15) is 65.5 Å². The van der Waals surface area contributed by atoms with E-state index in [9.17, 15) is 9.59 Å². The van der Waals surface area contributed by atoms with E-state index in [-0.39, 0.29) is 11.7 Å². The molecule has 0 aliphatic carbocycles. The van der Waals surface area contributed by atoms with Gasteiger partial charge >= 0.3 is 11.9 Å². The molecule has 3 aromatic rings. The third-order valence-corrected chi connectivity index (χ3v) is 4.83. The van der Waals surface area contributed by atoms with Gasteiger partial charge in [-0.05, 0) is 54.2 Å². The van der Waals surface area contributed by atoms with Gasteiger partial charge in [-0.25, -0.2) is 9.59 Å². The Hall–Kier alpha value is -3.40. The van der Waals surface area contributed by atoms with Crippen LogP contribution in [-0.4, -0.2) is 11.9 Å². The lowest BCUT2D eigenvalue weighted by molar-refractivity contribution is 0.0680. The summed E-state index contributed by atoms with van der Waals surface area (Å²) in [6, 6.07) is 21.4. The molecule has 0 saturated heterocycles. The number of ether oxygens (including phenoxy) is 2. The summed E-state index contributed by atoms with van der Waals surface area (Å²) in [6.45, 7) is 8.32. The van der Waals surface area contributed by atoms with Crippen LogP contribution >= 0.6 is 0 Å². The molecule has 0 aliphatic heterocycles. The molecule has 4 heteroatoms. The van der Waals surface area contributed by atoms with Crippen LogP contribution in [0.25, 0.3) is 0 Å². The number of carbonyl (C=O) groups is 2. The van der Waals surface area contributed by atoms with Crippen molar-refractivity contribution in [2.75, 3.05) is 0 Å². The summed E-state index contributed by atoms with van der Waals surface area (Å²) >= 11 is 0. The quantitative estimate of drug-likeness (QED) is 0.328. The molecular weight excluding hydrogens is 388 g/mol. The van der Waals surface area contributed by atoms with Gasteiger partial charge in [0.05, 0.1) is 11.1 Å². The SMILES string of the molecule is CC(C)Cc1cc(OC(=O)c2ccccc2)c(OC(=O)c2ccccc2)c(C(C)C)c1. The summed E-state index contributed by atoms with van der Waals surface area (Å²) in [5, 5.41) is 0. The predicted molar refractivity (Wildman–Crippen MR) is 122 cm³/mol. The fourth-order valence-corrected chi connectivity index (χ4v) is 3.35. The Kier molecular flexibility index (Phi) is 7.24. The number of benzene rings is 3. The van der Waals surface area contributed by atoms with E-state index in [4.69, 9.17) is 9.47 Å². The standard InChI is InChI=1S/C27H28O4/c1-18(2)15-20-16-23(19(3)4)25(31-27(29)22-13-9-6-10-14-22)24(17-20)30-26(28)21-11-7-5-8-12-21/h5-14,16-19H,15H2,1-4H3. The normalized spacial score (nSPS) is 10.9. The number of rotatable bonds is 7. The maximum Gasteiger partial charge on any atom is 0.343 e. The van der Waals surface area contributed by atoms with Gasteiger partial charge in [-0.1, -0.05) is 70.2 Å². The van der Waals surface area contributed by atoms with E-state index in [0.29, 0.717) is 22.8 Å². The van der Waals surface area contributed by atoms with Crippen molar-refractivity contribution in [2.45, 2.75) is 40.0 Å². The third-order valence-electron chi connectivity index (χ3n) is 4.83. The molecular formula is C27H28O4. The minimum Gasteiger partial charge on any atom is -0.419 e. The molecule has 3 rings (SSSR count). The Balaban J connectivity index is 2.04. The molecule has 0 radical (unpaired) electrons. The highest BCUT2D eigenvalue weighted by Gasteiger charge is 2.22. The molecule has 0 atom stereocenters. The molecule has 0 spiro atoms. The van der Waals surface area contributed by atoms with Crippen LogP contribution in [0.2, 0.25) is 0 Å². The summed E-state index contributed by atoms with van der Waals surface area (Å²) < 4.78 is 11.6. The van der Waals surface area contributed by atoms with Gasteiger partial charge in [0.15, 0.2) is 11.5 Å². The summed E-state index contributed by atoms with van der Waals surface area (Å²) in [4.78, 5) is 25.6. The molecule has 0 aliphatic rings. The smallest absolute Gasteiger partial charge is 0.343 e. The molecule has 160 valence electrons. The Morgan fingerprint density at radius 1 is 0.742 bits per heavy atom. The summed E-state index contributed by atoms with van der Waals surface area (Å²) in [7, 11) is 0. The summed E-state index contributed by atoms with van der Waals surface area (Å²) in [6.07, 6.45) is 0.822.